The summed E-state index contributed by atoms with van der Waals surface area (Å²) in [6.07, 6.45) is 54.5. The van der Waals surface area contributed by atoms with Gasteiger partial charge in [-0.1, -0.05) is 211 Å². The average Bonchev–Trinajstić information content (AvgIpc) is 3.22. The second kappa shape index (κ2) is 45.9. The van der Waals surface area contributed by atoms with Gasteiger partial charge >= 0.3 is 5.97 Å². The Labute approximate surface area is 359 Å². The Morgan fingerprint density at radius 1 is 0.517 bits per heavy atom. The zero-order valence-corrected chi connectivity index (χ0v) is 38.4. The Kier molecular flexibility index (Phi) is 44.2. The molecule has 6 nitrogen and oxygen atoms in total. The van der Waals surface area contributed by atoms with Crippen LogP contribution < -0.4 is 5.32 Å². The molecule has 338 valence electrons. The van der Waals surface area contributed by atoms with Gasteiger partial charge in [-0.15, -0.1) is 0 Å². The minimum atomic E-state index is -0.794. The molecule has 0 aliphatic rings. The fraction of sp³-hybridized carbons (Fsp3) is 0.808. The number of unbranched alkanes of at least 4 members (excludes halogenated alkanes) is 26. The molecule has 0 aromatic heterocycles. The summed E-state index contributed by atoms with van der Waals surface area (Å²) in [5.41, 5.74) is 0. The van der Waals surface area contributed by atoms with Crippen LogP contribution >= 0.6 is 0 Å². The summed E-state index contributed by atoms with van der Waals surface area (Å²) in [5, 5.41) is 23.7. The third-order valence-corrected chi connectivity index (χ3v) is 11.2. The molecular weight excluding hydrogens is 719 g/mol. The van der Waals surface area contributed by atoms with Crippen molar-refractivity contribution in [1.82, 2.24) is 5.32 Å². The molecule has 0 aliphatic carbocycles. The van der Waals surface area contributed by atoms with E-state index >= 15 is 0 Å². The zero-order chi connectivity index (χ0) is 42.4. The molecule has 6 heteroatoms. The van der Waals surface area contributed by atoms with Gasteiger partial charge in [-0.05, 0) is 70.6 Å². The molecule has 0 rings (SSSR count). The van der Waals surface area contributed by atoms with Gasteiger partial charge in [0.1, 0.15) is 6.10 Å². The van der Waals surface area contributed by atoms with Crippen LogP contribution in [0.15, 0.2) is 48.6 Å². The molecule has 0 aromatic rings. The standard InChI is InChI=1S/C52H95NO5/c1-4-7-10-13-16-19-22-25-27-28-31-34-37-40-43-48(58-52(57)45-42-39-36-33-30-26-23-20-17-14-11-8-5-2)46-51(56)53-49(47-54)50(55)44-41-38-35-32-29-24-21-18-15-12-9-6-3/h8,11,14,17,20,23,27-28,48-50,54-55H,4-7,9-10,12-13,15-16,18-19,21-22,24-26,29-47H2,1-3H3,(H,53,56)/b11-8+,17-14+,23-20-,28-27+. The number of nitrogens with one attached hydrogen (secondary N) is 1. The van der Waals surface area contributed by atoms with Gasteiger partial charge in [0.15, 0.2) is 0 Å². The van der Waals surface area contributed by atoms with Crippen molar-refractivity contribution in [2.75, 3.05) is 6.61 Å². The summed E-state index contributed by atoms with van der Waals surface area (Å²) in [7, 11) is 0. The SMILES string of the molecule is CC/C=C/C=C/C=C\CCCCCCCC(=O)OC(CCCCC/C=C/CCCCCCCCC)CC(=O)NC(CO)C(O)CCCCCCCCCCCCCC. The van der Waals surface area contributed by atoms with E-state index in [-0.39, 0.29) is 24.9 Å². The molecule has 0 saturated carbocycles. The Morgan fingerprint density at radius 2 is 0.948 bits per heavy atom. The second-order valence-corrected chi connectivity index (χ2v) is 16.9. The number of aliphatic hydroxyl groups is 2. The van der Waals surface area contributed by atoms with Crippen molar-refractivity contribution in [2.24, 2.45) is 0 Å². The quantitative estimate of drug-likeness (QED) is 0.0246. The highest BCUT2D eigenvalue weighted by atomic mass is 16.5. The summed E-state index contributed by atoms with van der Waals surface area (Å²) < 4.78 is 5.91. The monoisotopic (exact) mass is 814 g/mol. The first kappa shape index (κ1) is 55.8. The van der Waals surface area contributed by atoms with Gasteiger partial charge in [0.2, 0.25) is 5.91 Å². The van der Waals surface area contributed by atoms with E-state index < -0.39 is 18.2 Å². The van der Waals surface area contributed by atoms with Crippen molar-refractivity contribution < 1.29 is 24.5 Å². The van der Waals surface area contributed by atoms with Gasteiger partial charge in [-0.25, -0.2) is 0 Å². The third kappa shape index (κ3) is 40.6. The van der Waals surface area contributed by atoms with E-state index in [1.165, 1.54) is 103 Å². The summed E-state index contributed by atoms with van der Waals surface area (Å²) in [6.45, 7) is 6.34. The number of ether oxygens (including phenoxy) is 1. The lowest BCUT2D eigenvalue weighted by Gasteiger charge is -2.24. The normalized spacial score (nSPS) is 13.7. The first-order valence-electron chi connectivity index (χ1n) is 24.9. The van der Waals surface area contributed by atoms with Gasteiger partial charge in [0.25, 0.3) is 0 Å². The molecule has 58 heavy (non-hydrogen) atoms. The van der Waals surface area contributed by atoms with Crippen molar-refractivity contribution >= 4 is 11.9 Å². The summed E-state index contributed by atoms with van der Waals surface area (Å²) in [4.78, 5) is 26.1. The molecule has 0 radical (unpaired) electrons. The van der Waals surface area contributed by atoms with Crippen LogP contribution in [0.2, 0.25) is 0 Å². The molecule has 0 saturated heterocycles. The molecular formula is C52H95NO5. The second-order valence-electron chi connectivity index (χ2n) is 16.9. The number of allylic oxidation sites excluding steroid dienone is 8. The summed E-state index contributed by atoms with van der Waals surface area (Å²) in [6, 6.07) is -0.709. The first-order valence-corrected chi connectivity index (χ1v) is 24.9. The third-order valence-electron chi connectivity index (χ3n) is 11.2. The average molecular weight is 814 g/mol. The lowest BCUT2D eigenvalue weighted by molar-refractivity contribution is -0.151. The molecule has 0 bridgehead atoms. The zero-order valence-electron chi connectivity index (χ0n) is 38.4. The van der Waals surface area contributed by atoms with E-state index in [1.807, 2.05) is 0 Å². The number of carbonyl (C=O) groups is 2. The van der Waals surface area contributed by atoms with Crippen LogP contribution in [-0.2, 0) is 14.3 Å². The smallest absolute Gasteiger partial charge is 0.306 e. The van der Waals surface area contributed by atoms with Crippen LogP contribution in [0.4, 0.5) is 0 Å². The highest BCUT2D eigenvalue weighted by Crippen LogP contribution is 2.17. The van der Waals surface area contributed by atoms with E-state index in [1.54, 1.807) is 0 Å². The van der Waals surface area contributed by atoms with Gasteiger partial charge < -0.3 is 20.3 Å². The van der Waals surface area contributed by atoms with E-state index in [0.29, 0.717) is 19.3 Å². The number of esters is 1. The van der Waals surface area contributed by atoms with Crippen LogP contribution in [0, 0.1) is 0 Å². The van der Waals surface area contributed by atoms with Crippen molar-refractivity contribution in [2.45, 2.75) is 264 Å². The maximum absolute atomic E-state index is 13.2. The molecule has 3 unspecified atom stereocenters. The molecule has 0 spiro atoms. The molecule has 0 aliphatic heterocycles. The van der Waals surface area contributed by atoms with Crippen LogP contribution in [0.5, 0.6) is 0 Å². The largest absolute Gasteiger partial charge is 0.462 e. The van der Waals surface area contributed by atoms with E-state index in [2.05, 4.69) is 74.7 Å². The molecule has 1 amide bonds. The van der Waals surface area contributed by atoms with Gasteiger partial charge in [-0.3, -0.25) is 9.59 Å². The lowest BCUT2D eigenvalue weighted by atomic mass is 10.0. The van der Waals surface area contributed by atoms with Crippen LogP contribution in [0.3, 0.4) is 0 Å². The van der Waals surface area contributed by atoms with E-state index in [4.69, 9.17) is 4.74 Å². The number of hydrogen-bond donors (Lipinski definition) is 3. The van der Waals surface area contributed by atoms with Crippen molar-refractivity contribution in [1.29, 1.82) is 0 Å². The maximum Gasteiger partial charge on any atom is 0.306 e. The van der Waals surface area contributed by atoms with Gasteiger partial charge in [-0.2, -0.15) is 0 Å². The van der Waals surface area contributed by atoms with Crippen molar-refractivity contribution in [3.8, 4) is 0 Å². The predicted octanol–water partition coefficient (Wildman–Crippen LogP) is 14.7. The van der Waals surface area contributed by atoms with Crippen LogP contribution in [0.25, 0.3) is 0 Å². The fourth-order valence-corrected chi connectivity index (χ4v) is 7.42. The fourth-order valence-electron chi connectivity index (χ4n) is 7.42. The topological polar surface area (TPSA) is 95.9 Å². The Bertz CT molecular complexity index is 1000. The number of amides is 1. The highest BCUT2D eigenvalue weighted by Gasteiger charge is 2.24. The predicted molar refractivity (Wildman–Crippen MR) is 250 cm³/mol. The van der Waals surface area contributed by atoms with Gasteiger partial charge in [0, 0.05) is 6.42 Å². The Balaban J connectivity index is 4.64. The Morgan fingerprint density at radius 3 is 1.47 bits per heavy atom. The van der Waals surface area contributed by atoms with Gasteiger partial charge in [0.05, 0.1) is 25.2 Å². The number of carbonyl (C=O) groups excluding carboxylic acids is 2. The maximum atomic E-state index is 13.2. The number of aliphatic hydroxyl groups excluding tert-OH is 2. The van der Waals surface area contributed by atoms with Crippen molar-refractivity contribution in [3.63, 3.8) is 0 Å². The van der Waals surface area contributed by atoms with Crippen LogP contribution in [-0.4, -0.2) is 46.9 Å². The van der Waals surface area contributed by atoms with E-state index in [0.717, 1.165) is 96.3 Å². The minimum absolute atomic E-state index is 0.0590. The highest BCUT2D eigenvalue weighted by molar-refractivity contribution is 5.77. The minimum Gasteiger partial charge on any atom is -0.462 e. The first-order chi connectivity index (χ1) is 28.5. The number of rotatable bonds is 44. The summed E-state index contributed by atoms with van der Waals surface area (Å²) >= 11 is 0. The van der Waals surface area contributed by atoms with Crippen LogP contribution in [0.1, 0.15) is 245 Å². The molecule has 3 N–H and O–H groups in total. The van der Waals surface area contributed by atoms with Crippen molar-refractivity contribution in [3.05, 3.63) is 48.6 Å². The number of hydrogen-bond acceptors (Lipinski definition) is 5. The molecule has 3 atom stereocenters. The molecule has 0 aromatic carbocycles. The molecule has 0 fully saturated rings. The lowest BCUT2D eigenvalue weighted by Crippen LogP contribution is -2.46. The Hall–Kier alpha value is -2.18. The molecule has 0 heterocycles. The summed E-state index contributed by atoms with van der Waals surface area (Å²) in [5.74, 6) is -0.510. The van der Waals surface area contributed by atoms with E-state index in [9.17, 15) is 19.8 Å².